The molecule has 0 aliphatic carbocycles. The standard InChI is InChI=1S/C15H18N2O3S/c1-11(6-7-14(18)19)10-17-15(20)12-4-2-3-5-13(12)21-9-8-16/h2-5,11H,6-7,9-10H2,1H3,(H,17,20)(H,18,19). The summed E-state index contributed by atoms with van der Waals surface area (Å²) in [4.78, 5) is 23.4. The SMILES string of the molecule is CC(CCC(=O)O)CNC(=O)c1ccccc1SCC#N. The van der Waals surface area contributed by atoms with E-state index in [1.54, 1.807) is 12.1 Å². The number of amides is 1. The first-order chi connectivity index (χ1) is 10.0. The molecule has 1 aromatic carbocycles. The summed E-state index contributed by atoms with van der Waals surface area (Å²) in [5, 5.41) is 20.0. The van der Waals surface area contributed by atoms with E-state index in [9.17, 15) is 9.59 Å². The van der Waals surface area contributed by atoms with Crippen LogP contribution >= 0.6 is 11.8 Å². The highest BCUT2D eigenvalue weighted by Crippen LogP contribution is 2.22. The van der Waals surface area contributed by atoms with Crippen molar-refractivity contribution in [2.24, 2.45) is 5.92 Å². The van der Waals surface area contributed by atoms with Crippen molar-refractivity contribution in [3.63, 3.8) is 0 Å². The van der Waals surface area contributed by atoms with Crippen LogP contribution in [0.4, 0.5) is 0 Å². The number of thioether (sulfide) groups is 1. The lowest BCUT2D eigenvalue weighted by Gasteiger charge is -2.13. The van der Waals surface area contributed by atoms with E-state index in [4.69, 9.17) is 10.4 Å². The third-order valence-electron chi connectivity index (χ3n) is 2.89. The van der Waals surface area contributed by atoms with Gasteiger partial charge in [0.1, 0.15) is 0 Å². The van der Waals surface area contributed by atoms with Crippen LogP contribution in [0.1, 0.15) is 30.1 Å². The van der Waals surface area contributed by atoms with Gasteiger partial charge in [0.15, 0.2) is 0 Å². The van der Waals surface area contributed by atoms with E-state index in [1.807, 2.05) is 25.1 Å². The van der Waals surface area contributed by atoms with Crippen molar-refractivity contribution in [2.75, 3.05) is 12.3 Å². The smallest absolute Gasteiger partial charge is 0.303 e. The molecule has 0 aliphatic rings. The first-order valence-corrected chi connectivity index (χ1v) is 7.62. The molecule has 112 valence electrons. The Hall–Kier alpha value is -2.00. The quantitative estimate of drug-likeness (QED) is 0.720. The molecule has 0 spiro atoms. The summed E-state index contributed by atoms with van der Waals surface area (Å²) >= 11 is 1.32. The highest BCUT2D eigenvalue weighted by molar-refractivity contribution is 7.99. The second-order valence-corrected chi connectivity index (χ2v) is 5.71. The third kappa shape index (κ3) is 6.32. The van der Waals surface area contributed by atoms with Crippen LogP contribution in [0.25, 0.3) is 0 Å². The highest BCUT2D eigenvalue weighted by atomic mass is 32.2. The Kier molecular flexibility index (Phi) is 7.33. The van der Waals surface area contributed by atoms with E-state index in [0.29, 0.717) is 24.3 Å². The number of nitriles is 1. The second-order valence-electron chi connectivity index (χ2n) is 4.69. The van der Waals surface area contributed by atoms with Crippen LogP contribution in [0.15, 0.2) is 29.2 Å². The largest absolute Gasteiger partial charge is 0.481 e. The molecular weight excluding hydrogens is 288 g/mol. The first-order valence-electron chi connectivity index (χ1n) is 6.63. The molecule has 1 unspecified atom stereocenters. The van der Waals surface area contributed by atoms with Crippen LogP contribution < -0.4 is 5.32 Å². The Labute approximate surface area is 128 Å². The molecule has 0 aliphatic heterocycles. The minimum atomic E-state index is -0.827. The van der Waals surface area contributed by atoms with Crippen molar-refractivity contribution in [2.45, 2.75) is 24.7 Å². The number of rotatable bonds is 8. The second kappa shape index (κ2) is 9.03. The maximum atomic E-state index is 12.1. The van der Waals surface area contributed by atoms with E-state index in [2.05, 4.69) is 5.32 Å². The fourth-order valence-electron chi connectivity index (χ4n) is 1.72. The molecule has 5 nitrogen and oxygen atoms in total. The molecule has 0 heterocycles. The Morgan fingerprint density at radius 2 is 2.14 bits per heavy atom. The van der Waals surface area contributed by atoms with Crippen molar-refractivity contribution in [1.29, 1.82) is 5.26 Å². The molecule has 0 fully saturated rings. The molecule has 6 heteroatoms. The molecule has 2 N–H and O–H groups in total. The molecular formula is C15H18N2O3S. The Morgan fingerprint density at radius 1 is 1.43 bits per heavy atom. The van der Waals surface area contributed by atoms with Gasteiger partial charge in [-0.1, -0.05) is 19.1 Å². The average Bonchev–Trinajstić information content (AvgIpc) is 2.48. The monoisotopic (exact) mass is 306 g/mol. The number of nitrogens with zero attached hydrogens (tertiary/aromatic N) is 1. The summed E-state index contributed by atoms with van der Waals surface area (Å²) in [6.07, 6.45) is 0.631. The lowest BCUT2D eigenvalue weighted by Crippen LogP contribution is -2.28. The van der Waals surface area contributed by atoms with Crippen LogP contribution in [-0.4, -0.2) is 29.3 Å². The lowest BCUT2D eigenvalue weighted by molar-refractivity contribution is -0.137. The van der Waals surface area contributed by atoms with Crippen LogP contribution in [-0.2, 0) is 4.79 Å². The molecule has 1 atom stereocenters. The van der Waals surface area contributed by atoms with E-state index >= 15 is 0 Å². The molecule has 0 aromatic heterocycles. The molecule has 0 bridgehead atoms. The summed E-state index contributed by atoms with van der Waals surface area (Å²) in [5.41, 5.74) is 0.545. The van der Waals surface area contributed by atoms with Gasteiger partial charge in [-0.25, -0.2) is 0 Å². The topological polar surface area (TPSA) is 90.2 Å². The van der Waals surface area contributed by atoms with Crippen molar-refractivity contribution in [3.05, 3.63) is 29.8 Å². The van der Waals surface area contributed by atoms with Gasteiger partial charge >= 0.3 is 5.97 Å². The number of carboxylic acid groups (broad SMARTS) is 1. The van der Waals surface area contributed by atoms with E-state index in [0.717, 1.165) is 4.90 Å². The number of carbonyl (C=O) groups excluding carboxylic acids is 1. The van der Waals surface area contributed by atoms with Crippen molar-refractivity contribution in [3.8, 4) is 6.07 Å². The Balaban J connectivity index is 2.55. The molecule has 0 radical (unpaired) electrons. The molecule has 1 rings (SSSR count). The number of hydrogen-bond donors (Lipinski definition) is 2. The summed E-state index contributed by atoms with van der Waals surface area (Å²) in [6, 6.07) is 9.17. The number of benzene rings is 1. The van der Waals surface area contributed by atoms with Gasteiger partial charge in [0.2, 0.25) is 0 Å². The van der Waals surface area contributed by atoms with Gasteiger partial charge in [-0.2, -0.15) is 5.26 Å². The van der Waals surface area contributed by atoms with Gasteiger partial charge in [-0.05, 0) is 24.5 Å². The van der Waals surface area contributed by atoms with Gasteiger partial charge in [0.05, 0.1) is 17.4 Å². The molecule has 0 saturated carbocycles. The molecule has 1 amide bonds. The number of nitrogens with one attached hydrogen (secondary N) is 1. The van der Waals surface area contributed by atoms with Gasteiger partial charge in [-0.15, -0.1) is 11.8 Å². The fourth-order valence-corrected chi connectivity index (χ4v) is 2.44. The van der Waals surface area contributed by atoms with E-state index < -0.39 is 5.97 Å². The van der Waals surface area contributed by atoms with Crippen molar-refractivity contribution < 1.29 is 14.7 Å². The molecule has 1 aromatic rings. The fraction of sp³-hybridized carbons (Fsp3) is 0.400. The van der Waals surface area contributed by atoms with Crippen LogP contribution in [0.3, 0.4) is 0 Å². The maximum absolute atomic E-state index is 12.1. The lowest BCUT2D eigenvalue weighted by atomic mass is 10.1. The van der Waals surface area contributed by atoms with E-state index in [1.165, 1.54) is 11.8 Å². The Bertz CT molecular complexity index is 540. The van der Waals surface area contributed by atoms with Gasteiger partial charge in [-0.3, -0.25) is 9.59 Å². The van der Waals surface area contributed by atoms with E-state index in [-0.39, 0.29) is 18.2 Å². The zero-order valence-electron chi connectivity index (χ0n) is 11.8. The van der Waals surface area contributed by atoms with Crippen LogP contribution in [0.2, 0.25) is 0 Å². The predicted molar refractivity (Wildman–Crippen MR) is 81.1 cm³/mol. The zero-order chi connectivity index (χ0) is 15.7. The molecule has 0 saturated heterocycles. The predicted octanol–water partition coefficient (Wildman–Crippen LogP) is 2.53. The summed E-state index contributed by atoms with van der Waals surface area (Å²) in [5.74, 6) is -0.632. The minimum Gasteiger partial charge on any atom is -0.481 e. The zero-order valence-corrected chi connectivity index (χ0v) is 12.7. The normalized spacial score (nSPS) is 11.4. The van der Waals surface area contributed by atoms with Gasteiger partial charge in [0, 0.05) is 17.9 Å². The van der Waals surface area contributed by atoms with Gasteiger partial charge < -0.3 is 10.4 Å². The average molecular weight is 306 g/mol. The number of carbonyl (C=O) groups is 2. The summed E-state index contributed by atoms with van der Waals surface area (Å²) in [7, 11) is 0. The molecule has 21 heavy (non-hydrogen) atoms. The number of aliphatic carboxylic acids is 1. The first kappa shape index (κ1) is 17.1. The van der Waals surface area contributed by atoms with Crippen molar-refractivity contribution >= 4 is 23.6 Å². The summed E-state index contributed by atoms with van der Waals surface area (Å²) in [6.45, 7) is 2.34. The Morgan fingerprint density at radius 3 is 2.81 bits per heavy atom. The number of carboxylic acids is 1. The third-order valence-corrected chi connectivity index (χ3v) is 3.83. The maximum Gasteiger partial charge on any atom is 0.303 e. The van der Waals surface area contributed by atoms with Crippen molar-refractivity contribution in [1.82, 2.24) is 5.32 Å². The number of hydrogen-bond acceptors (Lipinski definition) is 4. The minimum absolute atomic E-state index is 0.101. The summed E-state index contributed by atoms with van der Waals surface area (Å²) < 4.78 is 0. The van der Waals surface area contributed by atoms with Crippen LogP contribution in [0, 0.1) is 17.2 Å². The highest BCUT2D eigenvalue weighted by Gasteiger charge is 2.12. The van der Waals surface area contributed by atoms with Gasteiger partial charge in [0.25, 0.3) is 5.91 Å². The van der Waals surface area contributed by atoms with Crippen LogP contribution in [0.5, 0.6) is 0 Å².